The molecular weight excluding hydrogens is 230 g/mol. The summed E-state index contributed by atoms with van der Waals surface area (Å²) < 4.78 is 0. The molecule has 0 aliphatic carbocycles. The van der Waals surface area contributed by atoms with Crippen LogP contribution in [0, 0.1) is 0 Å². The number of hydrogen-bond acceptors (Lipinski definition) is 3. The Labute approximate surface area is 106 Å². The van der Waals surface area contributed by atoms with E-state index in [4.69, 9.17) is 0 Å². The van der Waals surface area contributed by atoms with Gasteiger partial charge in [0.15, 0.2) is 0 Å². The number of amides is 2. The van der Waals surface area contributed by atoms with Gasteiger partial charge in [-0.15, -0.1) is 0 Å². The highest BCUT2D eigenvalue weighted by atomic mass is 16.2. The number of carbonyl (C=O) groups excluding carboxylic acids is 2. The lowest BCUT2D eigenvalue weighted by Crippen LogP contribution is -2.39. The molecule has 0 aliphatic heterocycles. The average Bonchev–Trinajstić information content (AvgIpc) is 2.36. The van der Waals surface area contributed by atoms with Crippen molar-refractivity contribution in [1.29, 1.82) is 0 Å². The van der Waals surface area contributed by atoms with Crippen LogP contribution in [0.1, 0.15) is 32.4 Å². The van der Waals surface area contributed by atoms with E-state index in [-0.39, 0.29) is 6.04 Å². The quantitative estimate of drug-likeness (QED) is 0.481. The minimum atomic E-state index is -0.765. The van der Waals surface area contributed by atoms with E-state index in [1.54, 1.807) is 13.8 Å². The fourth-order valence-electron chi connectivity index (χ4n) is 1.30. The lowest BCUT2D eigenvalue weighted by molar-refractivity contribution is -0.139. The van der Waals surface area contributed by atoms with Crippen molar-refractivity contribution in [2.75, 3.05) is 0 Å². The first-order valence-electron chi connectivity index (χ1n) is 5.67. The van der Waals surface area contributed by atoms with Gasteiger partial charge in [0, 0.05) is 5.71 Å². The molecule has 0 aromatic heterocycles. The average molecular weight is 247 g/mol. The zero-order valence-corrected chi connectivity index (χ0v) is 10.7. The van der Waals surface area contributed by atoms with Crippen LogP contribution in [0.15, 0.2) is 35.4 Å². The zero-order valence-electron chi connectivity index (χ0n) is 10.7. The Morgan fingerprint density at radius 3 is 2.28 bits per heavy atom. The lowest BCUT2D eigenvalue weighted by Gasteiger charge is -2.13. The largest absolute Gasteiger partial charge is 0.341 e. The highest BCUT2D eigenvalue weighted by Crippen LogP contribution is 2.10. The monoisotopic (exact) mass is 247 g/mol. The van der Waals surface area contributed by atoms with E-state index in [0.717, 1.165) is 5.56 Å². The van der Waals surface area contributed by atoms with Gasteiger partial charge in [0.25, 0.3) is 0 Å². The van der Waals surface area contributed by atoms with E-state index < -0.39 is 11.8 Å². The second kappa shape index (κ2) is 6.54. The highest BCUT2D eigenvalue weighted by molar-refractivity contribution is 6.35. The van der Waals surface area contributed by atoms with Gasteiger partial charge >= 0.3 is 11.8 Å². The minimum absolute atomic E-state index is 0.226. The summed E-state index contributed by atoms with van der Waals surface area (Å²) in [5.41, 5.74) is 3.79. The summed E-state index contributed by atoms with van der Waals surface area (Å²) >= 11 is 0. The maximum Gasteiger partial charge on any atom is 0.329 e. The van der Waals surface area contributed by atoms with Crippen molar-refractivity contribution in [3.63, 3.8) is 0 Å². The Morgan fingerprint density at radius 1 is 1.11 bits per heavy atom. The minimum Gasteiger partial charge on any atom is -0.341 e. The normalized spacial score (nSPS) is 11.3. The molecule has 1 aromatic carbocycles. The van der Waals surface area contributed by atoms with Gasteiger partial charge in [-0.1, -0.05) is 30.3 Å². The van der Waals surface area contributed by atoms with Crippen molar-refractivity contribution in [2.45, 2.75) is 26.8 Å². The molecule has 0 saturated heterocycles. The van der Waals surface area contributed by atoms with Crippen LogP contribution < -0.4 is 10.7 Å². The molecule has 2 amide bonds. The molecule has 1 atom stereocenters. The third-order valence-corrected chi connectivity index (χ3v) is 2.23. The number of rotatable bonds is 3. The summed E-state index contributed by atoms with van der Waals surface area (Å²) in [6.45, 7) is 5.27. The van der Waals surface area contributed by atoms with Crippen molar-refractivity contribution < 1.29 is 9.59 Å². The Hall–Kier alpha value is -2.17. The Kier molecular flexibility index (Phi) is 5.05. The zero-order chi connectivity index (χ0) is 13.5. The molecule has 0 fully saturated rings. The molecule has 0 bridgehead atoms. The smallest absolute Gasteiger partial charge is 0.329 e. The van der Waals surface area contributed by atoms with Gasteiger partial charge in [-0.05, 0) is 26.3 Å². The van der Waals surface area contributed by atoms with Gasteiger partial charge in [-0.3, -0.25) is 9.59 Å². The first kappa shape index (κ1) is 13.9. The van der Waals surface area contributed by atoms with Crippen molar-refractivity contribution >= 4 is 17.5 Å². The van der Waals surface area contributed by atoms with Crippen molar-refractivity contribution in [3.8, 4) is 0 Å². The van der Waals surface area contributed by atoms with E-state index in [1.165, 1.54) is 0 Å². The van der Waals surface area contributed by atoms with Crippen molar-refractivity contribution in [3.05, 3.63) is 35.9 Å². The molecule has 96 valence electrons. The molecule has 1 aromatic rings. The number of nitrogens with zero attached hydrogens (tertiary/aromatic N) is 1. The molecule has 5 nitrogen and oxygen atoms in total. The first-order valence-corrected chi connectivity index (χ1v) is 5.67. The molecule has 0 unspecified atom stereocenters. The Bertz CT molecular complexity index is 451. The second-order valence-electron chi connectivity index (χ2n) is 4.11. The first-order chi connectivity index (χ1) is 8.50. The maximum atomic E-state index is 11.5. The van der Waals surface area contributed by atoms with Crippen LogP contribution in [0.25, 0.3) is 0 Å². The summed E-state index contributed by atoms with van der Waals surface area (Å²) in [4.78, 5) is 22.9. The molecular formula is C13H17N3O2. The van der Waals surface area contributed by atoms with E-state index in [9.17, 15) is 9.59 Å². The molecule has 0 aliphatic rings. The van der Waals surface area contributed by atoms with Gasteiger partial charge in [0.1, 0.15) is 0 Å². The fourth-order valence-corrected chi connectivity index (χ4v) is 1.30. The Balaban J connectivity index is 2.55. The summed E-state index contributed by atoms with van der Waals surface area (Å²) in [6, 6.07) is 9.19. The lowest BCUT2D eigenvalue weighted by atomic mass is 10.1. The number of benzene rings is 1. The number of carbonyl (C=O) groups is 2. The van der Waals surface area contributed by atoms with Gasteiger partial charge in [-0.2, -0.15) is 5.10 Å². The van der Waals surface area contributed by atoms with Crippen LogP contribution in [-0.4, -0.2) is 17.5 Å². The van der Waals surface area contributed by atoms with E-state index >= 15 is 0 Å². The third-order valence-electron chi connectivity index (χ3n) is 2.23. The van der Waals surface area contributed by atoms with E-state index in [1.807, 2.05) is 37.3 Å². The van der Waals surface area contributed by atoms with Crippen LogP contribution >= 0.6 is 0 Å². The number of hydrazone groups is 1. The number of hydrogen-bond donors (Lipinski definition) is 2. The third kappa shape index (κ3) is 4.37. The molecule has 1 rings (SSSR count). The molecule has 18 heavy (non-hydrogen) atoms. The van der Waals surface area contributed by atoms with E-state index in [0.29, 0.717) is 5.71 Å². The molecule has 0 heterocycles. The van der Waals surface area contributed by atoms with Crippen LogP contribution in [0.3, 0.4) is 0 Å². The molecule has 0 saturated carbocycles. The van der Waals surface area contributed by atoms with Crippen LogP contribution in [-0.2, 0) is 9.59 Å². The standard InChI is InChI=1S/C13H17N3O2/c1-9(2)15-16-13(18)12(17)14-10(3)11-7-5-4-6-8-11/h4-8,10H,1-3H3,(H,14,17)(H,16,18)/t10-/m1/s1. The molecule has 0 spiro atoms. The highest BCUT2D eigenvalue weighted by Gasteiger charge is 2.16. The van der Waals surface area contributed by atoms with Gasteiger partial charge in [0.05, 0.1) is 6.04 Å². The predicted molar refractivity (Wildman–Crippen MR) is 69.9 cm³/mol. The van der Waals surface area contributed by atoms with Crippen molar-refractivity contribution in [1.82, 2.24) is 10.7 Å². The van der Waals surface area contributed by atoms with Crippen LogP contribution in [0.2, 0.25) is 0 Å². The van der Waals surface area contributed by atoms with Crippen molar-refractivity contribution in [2.24, 2.45) is 5.10 Å². The SMILES string of the molecule is CC(C)=NNC(=O)C(=O)N[C@H](C)c1ccccc1. The maximum absolute atomic E-state index is 11.5. The van der Waals surface area contributed by atoms with Gasteiger partial charge < -0.3 is 5.32 Å². The molecule has 0 radical (unpaired) electrons. The topological polar surface area (TPSA) is 70.6 Å². The van der Waals surface area contributed by atoms with Gasteiger partial charge in [0.2, 0.25) is 0 Å². The predicted octanol–water partition coefficient (Wildman–Crippen LogP) is 1.38. The summed E-state index contributed by atoms with van der Waals surface area (Å²) in [7, 11) is 0. The van der Waals surface area contributed by atoms with E-state index in [2.05, 4.69) is 15.8 Å². The summed E-state index contributed by atoms with van der Waals surface area (Å²) in [5, 5.41) is 6.28. The molecule has 5 heteroatoms. The Morgan fingerprint density at radius 2 is 1.72 bits per heavy atom. The number of nitrogens with one attached hydrogen (secondary N) is 2. The van der Waals surface area contributed by atoms with Crippen LogP contribution in [0.4, 0.5) is 0 Å². The summed E-state index contributed by atoms with van der Waals surface area (Å²) in [6.07, 6.45) is 0. The second-order valence-corrected chi connectivity index (χ2v) is 4.11. The summed E-state index contributed by atoms with van der Waals surface area (Å²) in [5.74, 6) is -1.46. The van der Waals surface area contributed by atoms with Crippen LogP contribution in [0.5, 0.6) is 0 Å². The van der Waals surface area contributed by atoms with Gasteiger partial charge in [-0.25, -0.2) is 5.43 Å². The fraction of sp³-hybridized carbons (Fsp3) is 0.308. The molecule has 2 N–H and O–H groups in total.